The van der Waals surface area contributed by atoms with E-state index < -0.39 is 0 Å². The maximum absolute atomic E-state index is 4.35. The van der Waals surface area contributed by atoms with Crippen LogP contribution in [0.25, 0.3) is 0 Å². The van der Waals surface area contributed by atoms with Gasteiger partial charge in [-0.25, -0.2) is 9.97 Å². The van der Waals surface area contributed by atoms with Crippen molar-refractivity contribution in [1.82, 2.24) is 9.97 Å². The number of hydrogen-bond acceptors (Lipinski definition) is 4. The molecule has 0 aliphatic carbocycles. The summed E-state index contributed by atoms with van der Waals surface area (Å²) in [5, 5.41) is 1.04. The summed E-state index contributed by atoms with van der Waals surface area (Å²) in [6, 6.07) is 2.08. The Morgan fingerprint density at radius 3 is 2.88 bits per heavy atom. The first-order valence-electron chi connectivity index (χ1n) is 5.71. The van der Waals surface area contributed by atoms with Crippen LogP contribution in [0, 0.1) is 0 Å². The molecule has 2 rings (SSSR count). The van der Waals surface area contributed by atoms with Gasteiger partial charge in [-0.1, -0.05) is 6.08 Å². The van der Waals surface area contributed by atoms with E-state index in [4.69, 9.17) is 0 Å². The highest BCUT2D eigenvalue weighted by molar-refractivity contribution is 7.99. The molecule has 3 nitrogen and oxygen atoms in total. The molecular formula is C12H17N3S. The van der Waals surface area contributed by atoms with Crippen LogP contribution in [0.2, 0.25) is 0 Å². The van der Waals surface area contributed by atoms with E-state index in [-0.39, 0.29) is 0 Å². The molecule has 0 saturated carbocycles. The van der Waals surface area contributed by atoms with Crippen LogP contribution in [0.15, 0.2) is 30.1 Å². The molecule has 2 heterocycles. The van der Waals surface area contributed by atoms with Crippen molar-refractivity contribution < 1.29 is 0 Å². The predicted molar refractivity (Wildman–Crippen MR) is 69.0 cm³/mol. The van der Waals surface area contributed by atoms with Crippen LogP contribution in [-0.2, 0) is 0 Å². The third-order valence-electron chi connectivity index (χ3n) is 2.66. The first kappa shape index (κ1) is 11.5. The minimum absolute atomic E-state index is 0.899. The lowest BCUT2D eigenvalue weighted by molar-refractivity contribution is 0.572. The zero-order chi connectivity index (χ0) is 11.2. The lowest BCUT2D eigenvalue weighted by Gasteiger charge is -2.27. The van der Waals surface area contributed by atoms with E-state index in [0.717, 1.165) is 29.7 Å². The Kier molecular flexibility index (Phi) is 4.22. The van der Waals surface area contributed by atoms with Gasteiger partial charge in [-0.15, -0.1) is 18.3 Å². The van der Waals surface area contributed by atoms with Gasteiger partial charge in [0, 0.05) is 24.9 Å². The number of hydrogen-bond donors (Lipinski definition) is 0. The summed E-state index contributed by atoms with van der Waals surface area (Å²) in [4.78, 5) is 10.9. The van der Waals surface area contributed by atoms with Crippen LogP contribution in [-0.4, -0.2) is 28.8 Å². The molecule has 0 atom stereocenters. The van der Waals surface area contributed by atoms with Gasteiger partial charge in [0.25, 0.3) is 0 Å². The topological polar surface area (TPSA) is 29.0 Å². The molecule has 1 fully saturated rings. The standard InChI is InChI=1S/C12H17N3S/c1-2-8-16-12-9-11(13-10-14-12)15-6-4-3-5-7-15/h2,9-10H,1,3-8H2. The molecule has 1 aromatic heterocycles. The Bertz CT molecular complexity index is 348. The molecule has 0 amide bonds. The van der Waals surface area contributed by atoms with Crippen molar-refractivity contribution in [2.24, 2.45) is 0 Å². The largest absolute Gasteiger partial charge is 0.356 e. The van der Waals surface area contributed by atoms with Crippen LogP contribution < -0.4 is 4.90 Å². The Morgan fingerprint density at radius 1 is 1.31 bits per heavy atom. The lowest BCUT2D eigenvalue weighted by atomic mass is 10.1. The Hall–Kier alpha value is -1.03. The average Bonchev–Trinajstić information content (AvgIpc) is 2.38. The fourth-order valence-corrected chi connectivity index (χ4v) is 2.45. The van der Waals surface area contributed by atoms with Crippen LogP contribution >= 0.6 is 11.8 Å². The third-order valence-corrected chi connectivity index (χ3v) is 3.58. The van der Waals surface area contributed by atoms with Gasteiger partial charge in [0.15, 0.2) is 0 Å². The molecule has 0 bridgehead atoms. The van der Waals surface area contributed by atoms with Gasteiger partial charge in [0.05, 0.1) is 0 Å². The van der Waals surface area contributed by atoms with E-state index >= 15 is 0 Å². The van der Waals surface area contributed by atoms with E-state index in [1.165, 1.54) is 19.3 Å². The van der Waals surface area contributed by atoms with Crippen LogP contribution in [0.3, 0.4) is 0 Å². The molecule has 16 heavy (non-hydrogen) atoms. The van der Waals surface area contributed by atoms with Gasteiger partial charge in [-0.05, 0) is 19.3 Å². The van der Waals surface area contributed by atoms with Crippen LogP contribution in [0.4, 0.5) is 5.82 Å². The minimum atomic E-state index is 0.899. The predicted octanol–water partition coefficient (Wildman–Crippen LogP) is 2.75. The van der Waals surface area contributed by atoms with Crippen molar-refractivity contribution in [2.75, 3.05) is 23.7 Å². The van der Waals surface area contributed by atoms with Crippen molar-refractivity contribution in [2.45, 2.75) is 24.3 Å². The lowest BCUT2D eigenvalue weighted by Crippen LogP contribution is -2.30. The highest BCUT2D eigenvalue weighted by atomic mass is 32.2. The van der Waals surface area contributed by atoms with E-state index in [2.05, 4.69) is 27.5 Å². The number of anilines is 1. The number of rotatable bonds is 4. The Morgan fingerprint density at radius 2 is 2.12 bits per heavy atom. The smallest absolute Gasteiger partial charge is 0.133 e. The fourth-order valence-electron chi connectivity index (χ4n) is 1.85. The molecular weight excluding hydrogens is 218 g/mol. The second-order valence-electron chi connectivity index (χ2n) is 3.86. The summed E-state index contributed by atoms with van der Waals surface area (Å²) in [7, 11) is 0. The highest BCUT2D eigenvalue weighted by Crippen LogP contribution is 2.22. The number of aromatic nitrogens is 2. The van der Waals surface area contributed by atoms with Gasteiger partial charge in [0.2, 0.25) is 0 Å². The molecule has 0 aromatic carbocycles. The van der Waals surface area contributed by atoms with Crippen LogP contribution in [0.5, 0.6) is 0 Å². The van der Waals surface area contributed by atoms with Gasteiger partial charge >= 0.3 is 0 Å². The van der Waals surface area contributed by atoms with Gasteiger partial charge in [0.1, 0.15) is 17.2 Å². The maximum atomic E-state index is 4.35. The minimum Gasteiger partial charge on any atom is -0.356 e. The third kappa shape index (κ3) is 2.98. The zero-order valence-corrected chi connectivity index (χ0v) is 10.2. The Labute approximate surface area is 101 Å². The second-order valence-corrected chi connectivity index (χ2v) is 4.90. The van der Waals surface area contributed by atoms with Crippen molar-refractivity contribution in [3.63, 3.8) is 0 Å². The molecule has 1 aromatic rings. The Balaban J connectivity index is 2.05. The van der Waals surface area contributed by atoms with E-state index in [9.17, 15) is 0 Å². The molecule has 86 valence electrons. The molecule has 0 radical (unpaired) electrons. The van der Waals surface area contributed by atoms with Gasteiger partial charge in [-0.2, -0.15) is 0 Å². The monoisotopic (exact) mass is 235 g/mol. The molecule has 1 aliphatic rings. The number of piperidine rings is 1. The molecule has 1 aliphatic heterocycles. The maximum Gasteiger partial charge on any atom is 0.133 e. The number of nitrogens with zero attached hydrogens (tertiary/aromatic N) is 3. The zero-order valence-electron chi connectivity index (χ0n) is 9.43. The first-order valence-corrected chi connectivity index (χ1v) is 6.69. The van der Waals surface area contributed by atoms with E-state index in [0.29, 0.717) is 0 Å². The summed E-state index contributed by atoms with van der Waals surface area (Å²) >= 11 is 1.70. The van der Waals surface area contributed by atoms with Crippen molar-refractivity contribution >= 4 is 17.6 Å². The highest BCUT2D eigenvalue weighted by Gasteiger charge is 2.12. The van der Waals surface area contributed by atoms with Crippen molar-refractivity contribution in [3.8, 4) is 0 Å². The van der Waals surface area contributed by atoms with Gasteiger partial charge in [-0.3, -0.25) is 0 Å². The second kappa shape index (κ2) is 5.89. The molecule has 4 heteroatoms. The first-order chi connectivity index (χ1) is 7.90. The molecule has 0 unspecified atom stereocenters. The molecule has 0 N–H and O–H groups in total. The van der Waals surface area contributed by atoms with Crippen molar-refractivity contribution in [3.05, 3.63) is 25.0 Å². The SMILES string of the molecule is C=CCSc1cc(N2CCCCC2)ncn1. The van der Waals surface area contributed by atoms with Gasteiger partial charge < -0.3 is 4.90 Å². The van der Waals surface area contributed by atoms with Crippen LogP contribution in [0.1, 0.15) is 19.3 Å². The summed E-state index contributed by atoms with van der Waals surface area (Å²) in [6.45, 7) is 5.97. The average molecular weight is 235 g/mol. The van der Waals surface area contributed by atoms with E-state index in [1.54, 1.807) is 18.1 Å². The molecule has 1 saturated heterocycles. The fraction of sp³-hybridized carbons (Fsp3) is 0.500. The normalized spacial score (nSPS) is 16.1. The number of thioether (sulfide) groups is 1. The molecule has 0 spiro atoms. The summed E-state index contributed by atoms with van der Waals surface area (Å²) < 4.78 is 0. The quantitative estimate of drug-likeness (QED) is 0.456. The van der Waals surface area contributed by atoms with E-state index in [1.807, 2.05) is 6.08 Å². The summed E-state index contributed by atoms with van der Waals surface area (Å²) in [6.07, 6.45) is 7.46. The van der Waals surface area contributed by atoms with Crippen molar-refractivity contribution in [1.29, 1.82) is 0 Å². The summed E-state index contributed by atoms with van der Waals surface area (Å²) in [5.41, 5.74) is 0. The summed E-state index contributed by atoms with van der Waals surface area (Å²) in [5.74, 6) is 1.97.